The predicted molar refractivity (Wildman–Crippen MR) is 107 cm³/mol. The van der Waals surface area contributed by atoms with Gasteiger partial charge in [-0.05, 0) is 37.7 Å². The maximum Gasteiger partial charge on any atom is 0.329 e. The summed E-state index contributed by atoms with van der Waals surface area (Å²) in [6.45, 7) is 5.37. The molecular formula is C22H30N3O3+. The van der Waals surface area contributed by atoms with Crippen molar-refractivity contribution in [2.45, 2.75) is 58.0 Å². The van der Waals surface area contributed by atoms with Gasteiger partial charge in [0.1, 0.15) is 23.4 Å². The average Bonchev–Trinajstić information content (AvgIpc) is 3.15. The molecular weight excluding hydrogens is 354 g/mol. The first-order chi connectivity index (χ1) is 13.4. The number of urea groups is 1. The molecule has 4 rings (SSSR count). The van der Waals surface area contributed by atoms with Gasteiger partial charge >= 0.3 is 6.03 Å². The number of amides is 3. The van der Waals surface area contributed by atoms with Crippen molar-refractivity contribution in [3.05, 3.63) is 35.6 Å². The van der Waals surface area contributed by atoms with E-state index in [0.29, 0.717) is 19.1 Å². The summed E-state index contributed by atoms with van der Waals surface area (Å²) in [7, 11) is 2.02. The standard InChI is InChI=1S/C22H29N3O3/c1-4-18-17(16-7-5-6-8-19(16)28-18)13-24(3)14-25-20(26)22(23-21(25)27)11-9-15(2)10-12-22/h5-8,15H,4,9-14H2,1-3H3,(H,23,27)/p+1. The van der Waals surface area contributed by atoms with Gasteiger partial charge in [0.15, 0.2) is 6.67 Å². The number of aryl methyl sites for hydroxylation is 1. The molecule has 1 saturated heterocycles. The third kappa shape index (κ3) is 3.20. The summed E-state index contributed by atoms with van der Waals surface area (Å²) in [5, 5.41) is 4.13. The van der Waals surface area contributed by atoms with Gasteiger partial charge in [-0.3, -0.25) is 4.79 Å². The fraction of sp³-hybridized carbons (Fsp3) is 0.545. The number of fused-ring (bicyclic) bond motifs is 1. The van der Waals surface area contributed by atoms with Crippen molar-refractivity contribution in [2.24, 2.45) is 5.92 Å². The highest BCUT2D eigenvalue weighted by Crippen LogP contribution is 2.36. The molecule has 28 heavy (non-hydrogen) atoms. The molecule has 150 valence electrons. The largest absolute Gasteiger partial charge is 0.461 e. The van der Waals surface area contributed by atoms with E-state index in [-0.39, 0.29) is 11.9 Å². The molecule has 6 nitrogen and oxygen atoms in total. The summed E-state index contributed by atoms with van der Waals surface area (Å²) in [6.07, 6.45) is 4.30. The summed E-state index contributed by atoms with van der Waals surface area (Å²) in [4.78, 5) is 28.2. The molecule has 0 radical (unpaired) electrons. The van der Waals surface area contributed by atoms with Crippen LogP contribution >= 0.6 is 0 Å². The molecule has 1 saturated carbocycles. The second-order valence-corrected chi connectivity index (χ2v) is 8.57. The first-order valence-corrected chi connectivity index (χ1v) is 10.4. The minimum absolute atomic E-state index is 0.0449. The lowest BCUT2D eigenvalue weighted by Crippen LogP contribution is -3.09. The lowest BCUT2D eigenvalue weighted by molar-refractivity contribution is -0.901. The van der Waals surface area contributed by atoms with Crippen LogP contribution in [-0.4, -0.2) is 36.1 Å². The zero-order chi connectivity index (χ0) is 19.9. The number of imide groups is 1. The highest BCUT2D eigenvalue weighted by Gasteiger charge is 2.52. The van der Waals surface area contributed by atoms with E-state index in [4.69, 9.17) is 4.42 Å². The number of nitrogens with zero attached hydrogens (tertiary/aromatic N) is 1. The number of furan rings is 1. The molecule has 3 amide bonds. The molecule has 2 N–H and O–H groups in total. The van der Waals surface area contributed by atoms with Crippen molar-refractivity contribution in [3.8, 4) is 0 Å². The van der Waals surface area contributed by atoms with E-state index in [0.717, 1.165) is 53.7 Å². The van der Waals surface area contributed by atoms with E-state index >= 15 is 0 Å². The Morgan fingerprint density at radius 1 is 1.25 bits per heavy atom. The Hall–Kier alpha value is -2.34. The minimum atomic E-state index is -0.666. The molecule has 1 aromatic carbocycles. The molecule has 2 aromatic rings. The van der Waals surface area contributed by atoms with Gasteiger partial charge in [0.05, 0.1) is 12.6 Å². The quantitative estimate of drug-likeness (QED) is 0.779. The number of para-hydroxylation sites is 1. The SMILES string of the molecule is CCc1oc2ccccc2c1C[NH+](C)CN1C(=O)NC2(CCC(C)CC2)C1=O. The first kappa shape index (κ1) is 19.0. The summed E-state index contributed by atoms with van der Waals surface area (Å²) in [6, 6.07) is 7.81. The first-order valence-electron chi connectivity index (χ1n) is 10.4. The van der Waals surface area contributed by atoms with Gasteiger partial charge in [-0.25, -0.2) is 9.69 Å². The number of rotatable bonds is 5. The van der Waals surface area contributed by atoms with Crippen molar-refractivity contribution < 1.29 is 18.9 Å². The van der Waals surface area contributed by atoms with Crippen LogP contribution in [0.4, 0.5) is 4.79 Å². The van der Waals surface area contributed by atoms with Crippen molar-refractivity contribution in [3.63, 3.8) is 0 Å². The van der Waals surface area contributed by atoms with Gasteiger partial charge in [-0.2, -0.15) is 0 Å². The van der Waals surface area contributed by atoms with Crippen LogP contribution in [0.5, 0.6) is 0 Å². The molecule has 0 bridgehead atoms. The normalized spacial score (nSPS) is 26.2. The van der Waals surface area contributed by atoms with Gasteiger partial charge in [0, 0.05) is 11.8 Å². The van der Waals surface area contributed by atoms with Crippen LogP contribution in [0.3, 0.4) is 0 Å². The number of benzene rings is 1. The number of hydrogen-bond acceptors (Lipinski definition) is 3. The maximum atomic E-state index is 13.1. The van der Waals surface area contributed by atoms with Gasteiger partial charge < -0.3 is 14.6 Å². The Kier molecular flexibility index (Phi) is 4.91. The topological polar surface area (TPSA) is 67.0 Å². The maximum absolute atomic E-state index is 13.1. The van der Waals surface area contributed by atoms with Gasteiger partial charge in [-0.1, -0.05) is 32.0 Å². The fourth-order valence-electron chi connectivity index (χ4n) is 4.67. The fourth-order valence-corrected chi connectivity index (χ4v) is 4.67. The summed E-state index contributed by atoms with van der Waals surface area (Å²) in [5.74, 6) is 1.56. The van der Waals surface area contributed by atoms with E-state index in [9.17, 15) is 9.59 Å². The summed E-state index contributed by atoms with van der Waals surface area (Å²) < 4.78 is 5.99. The average molecular weight is 385 g/mol. The Balaban J connectivity index is 1.49. The third-order valence-corrected chi connectivity index (χ3v) is 6.38. The lowest BCUT2D eigenvalue weighted by Gasteiger charge is -2.33. The third-order valence-electron chi connectivity index (χ3n) is 6.38. The molecule has 1 spiro atoms. The van der Waals surface area contributed by atoms with Crippen LogP contribution in [0, 0.1) is 5.92 Å². The highest BCUT2D eigenvalue weighted by molar-refractivity contribution is 6.06. The molecule has 2 heterocycles. The van der Waals surface area contributed by atoms with Gasteiger partial charge in [-0.15, -0.1) is 0 Å². The van der Waals surface area contributed by atoms with Crippen LogP contribution in [0.25, 0.3) is 11.0 Å². The molecule has 1 unspecified atom stereocenters. The second kappa shape index (κ2) is 7.24. The Labute approximate surface area is 165 Å². The molecule has 2 aliphatic rings. The Morgan fingerprint density at radius 2 is 1.96 bits per heavy atom. The van der Waals surface area contributed by atoms with E-state index in [1.54, 1.807) is 0 Å². The molecule has 2 fully saturated rings. The number of carbonyl (C=O) groups is 2. The minimum Gasteiger partial charge on any atom is -0.461 e. The second-order valence-electron chi connectivity index (χ2n) is 8.57. The van der Waals surface area contributed by atoms with E-state index in [1.165, 1.54) is 10.5 Å². The molecule has 1 aliphatic carbocycles. The van der Waals surface area contributed by atoms with Crippen LogP contribution < -0.4 is 10.2 Å². The van der Waals surface area contributed by atoms with Crippen molar-refractivity contribution >= 4 is 22.9 Å². The van der Waals surface area contributed by atoms with Crippen LogP contribution in [-0.2, 0) is 17.8 Å². The number of quaternary nitrogens is 1. The zero-order valence-corrected chi connectivity index (χ0v) is 17.0. The summed E-state index contributed by atoms with van der Waals surface area (Å²) in [5.41, 5.74) is 1.40. The molecule has 1 aliphatic heterocycles. The van der Waals surface area contributed by atoms with E-state index in [1.807, 2.05) is 25.2 Å². The smallest absolute Gasteiger partial charge is 0.329 e. The summed E-state index contributed by atoms with van der Waals surface area (Å²) >= 11 is 0. The van der Waals surface area contributed by atoms with Crippen molar-refractivity contribution in [2.75, 3.05) is 13.7 Å². The predicted octanol–water partition coefficient (Wildman–Crippen LogP) is 2.47. The molecule has 1 aromatic heterocycles. The molecule has 6 heteroatoms. The van der Waals surface area contributed by atoms with Crippen LogP contribution in [0.1, 0.15) is 50.9 Å². The van der Waals surface area contributed by atoms with Gasteiger partial charge in [0.2, 0.25) is 0 Å². The van der Waals surface area contributed by atoms with Crippen LogP contribution in [0.2, 0.25) is 0 Å². The number of carbonyl (C=O) groups excluding carboxylic acids is 2. The highest BCUT2D eigenvalue weighted by atomic mass is 16.3. The van der Waals surface area contributed by atoms with Gasteiger partial charge in [0.25, 0.3) is 5.91 Å². The van der Waals surface area contributed by atoms with E-state index < -0.39 is 5.54 Å². The van der Waals surface area contributed by atoms with Crippen molar-refractivity contribution in [1.82, 2.24) is 10.2 Å². The van der Waals surface area contributed by atoms with Crippen molar-refractivity contribution in [1.29, 1.82) is 0 Å². The van der Waals surface area contributed by atoms with E-state index in [2.05, 4.69) is 25.2 Å². The monoisotopic (exact) mass is 384 g/mol. The number of nitrogens with one attached hydrogen (secondary N) is 2. The zero-order valence-electron chi connectivity index (χ0n) is 17.0. The molecule has 1 atom stereocenters. The Bertz CT molecular complexity index is 896. The van der Waals surface area contributed by atoms with Crippen LogP contribution in [0.15, 0.2) is 28.7 Å². The lowest BCUT2D eigenvalue weighted by atomic mass is 9.77. The Morgan fingerprint density at radius 3 is 2.68 bits per heavy atom. The number of hydrogen-bond donors (Lipinski definition) is 2.